The first kappa shape index (κ1) is 18.2. The minimum Gasteiger partial charge on any atom is -0.433 e. The molecule has 2 rings (SSSR count). The Balaban J connectivity index is 2.55. The molecule has 0 unspecified atom stereocenters. The van der Waals surface area contributed by atoms with E-state index in [2.05, 4.69) is 9.72 Å². The highest BCUT2D eigenvalue weighted by atomic mass is 19.4. The third-order valence-electron chi connectivity index (χ3n) is 2.79. The van der Waals surface area contributed by atoms with Gasteiger partial charge in [0, 0.05) is 12.1 Å². The molecule has 0 saturated carbocycles. The molecular formula is C12H4F7N3O3. The van der Waals surface area contributed by atoms with Crippen LogP contribution in [0.15, 0.2) is 12.1 Å². The standard InChI is InChI=1S/C12H4F7N3O3/c13-6-5(12(17,18)19)7(14)9(16)10(8(6)15)25-4-2-1-3(22(23)24)11(20)21-4/h1-2H,(H2,20,21). The summed E-state index contributed by atoms with van der Waals surface area (Å²) in [7, 11) is 0. The van der Waals surface area contributed by atoms with Crippen LogP contribution >= 0.6 is 0 Å². The second kappa shape index (κ2) is 6.07. The summed E-state index contributed by atoms with van der Waals surface area (Å²) in [4.78, 5) is 12.8. The van der Waals surface area contributed by atoms with Gasteiger partial charge in [-0.3, -0.25) is 10.1 Å². The molecule has 0 aliphatic rings. The second-order valence-corrected chi connectivity index (χ2v) is 4.37. The molecule has 0 aliphatic carbocycles. The Morgan fingerprint density at radius 1 is 1.04 bits per heavy atom. The number of nitrogen functional groups attached to an aromatic ring is 1. The number of nitro groups is 1. The molecule has 2 N–H and O–H groups in total. The summed E-state index contributed by atoms with van der Waals surface area (Å²) >= 11 is 0. The highest BCUT2D eigenvalue weighted by Crippen LogP contribution is 2.40. The number of nitrogens with zero attached hydrogens (tertiary/aromatic N) is 2. The van der Waals surface area contributed by atoms with Crippen molar-refractivity contribution in [1.29, 1.82) is 0 Å². The normalized spacial score (nSPS) is 11.5. The summed E-state index contributed by atoms with van der Waals surface area (Å²) in [5.74, 6) is -13.9. The molecular weight excluding hydrogens is 367 g/mol. The average molecular weight is 371 g/mol. The maximum Gasteiger partial charge on any atom is 0.422 e. The predicted octanol–water partition coefficient (Wildman–Crippen LogP) is 3.94. The maximum absolute atomic E-state index is 13.7. The number of nitrogens with two attached hydrogens (primary N) is 1. The van der Waals surface area contributed by atoms with Gasteiger partial charge in [-0.1, -0.05) is 0 Å². The van der Waals surface area contributed by atoms with Crippen molar-refractivity contribution >= 4 is 11.5 Å². The molecule has 6 nitrogen and oxygen atoms in total. The lowest BCUT2D eigenvalue weighted by Gasteiger charge is -2.14. The Morgan fingerprint density at radius 2 is 1.56 bits per heavy atom. The van der Waals surface area contributed by atoms with Gasteiger partial charge in [0.25, 0.3) is 0 Å². The molecule has 2 aromatic rings. The number of hydrogen-bond donors (Lipinski definition) is 1. The Kier molecular flexibility index (Phi) is 4.42. The van der Waals surface area contributed by atoms with Gasteiger partial charge in [0.15, 0.2) is 11.6 Å². The Morgan fingerprint density at radius 3 is 1.96 bits per heavy atom. The number of rotatable bonds is 3. The van der Waals surface area contributed by atoms with Gasteiger partial charge in [0.05, 0.1) is 4.92 Å². The Labute approximate surface area is 132 Å². The van der Waals surface area contributed by atoms with Crippen molar-refractivity contribution < 1.29 is 40.4 Å². The van der Waals surface area contributed by atoms with E-state index in [1.54, 1.807) is 0 Å². The zero-order chi connectivity index (χ0) is 19.1. The number of aromatic nitrogens is 1. The van der Waals surface area contributed by atoms with Crippen LogP contribution in [0.3, 0.4) is 0 Å². The maximum atomic E-state index is 13.7. The van der Waals surface area contributed by atoms with E-state index in [0.717, 1.165) is 0 Å². The Hall–Kier alpha value is -3.12. The van der Waals surface area contributed by atoms with E-state index in [0.29, 0.717) is 12.1 Å². The largest absolute Gasteiger partial charge is 0.433 e. The zero-order valence-electron chi connectivity index (χ0n) is 11.5. The van der Waals surface area contributed by atoms with E-state index in [1.165, 1.54) is 0 Å². The van der Waals surface area contributed by atoms with Crippen LogP contribution in [0.2, 0.25) is 0 Å². The number of alkyl halides is 3. The number of ether oxygens (including phenoxy) is 1. The second-order valence-electron chi connectivity index (χ2n) is 4.37. The van der Waals surface area contributed by atoms with E-state index in [4.69, 9.17) is 5.73 Å². The summed E-state index contributed by atoms with van der Waals surface area (Å²) < 4.78 is 95.9. The highest BCUT2D eigenvalue weighted by molar-refractivity contribution is 5.53. The predicted molar refractivity (Wildman–Crippen MR) is 66.7 cm³/mol. The van der Waals surface area contributed by atoms with Crippen molar-refractivity contribution in [3.05, 3.63) is 51.1 Å². The fourth-order valence-corrected chi connectivity index (χ4v) is 1.71. The number of hydrogen-bond acceptors (Lipinski definition) is 5. The van der Waals surface area contributed by atoms with Crippen molar-refractivity contribution in [2.45, 2.75) is 6.18 Å². The van der Waals surface area contributed by atoms with E-state index >= 15 is 0 Å². The van der Waals surface area contributed by atoms with Crippen LogP contribution in [0, 0.1) is 33.4 Å². The zero-order valence-corrected chi connectivity index (χ0v) is 11.5. The van der Waals surface area contributed by atoms with Gasteiger partial charge in [-0.2, -0.15) is 26.9 Å². The van der Waals surface area contributed by atoms with Crippen molar-refractivity contribution in [2.75, 3.05) is 5.73 Å². The number of halogens is 7. The van der Waals surface area contributed by atoms with Crippen LogP contribution in [0.5, 0.6) is 11.6 Å². The number of benzene rings is 1. The Bertz CT molecular complexity index is 841. The van der Waals surface area contributed by atoms with Crippen molar-refractivity contribution in [3.8, 4) is 11.6 Å². The molecule has 0 saturated heterocycles. The third kappa shape index (κ3) is 3.25. The van der Waals surface area contributed by atoms with E-state index in [1.807, 2.05) is 0 Å². The number of anilines is 1. The van der Waals surface area contributed by atoms with Crippen molar-refractivity contribution in [3.63, 3.8) is 0 Å². The summed E-state index contributed by atoms with van der Waals surface area (Å²) in [6, 6.07) is 1.37. The highest BCUT2D eigenvalue weighted by Gasteiger charge is 2.43. The van der Waals surface area contributed by atoms with Crippen LogP contribution in [0.4, 0.5) is 42.2 Å². The number of pyridine rings is 1. The quantitative estimate of drug-likeness (QED) is 0.382. The third-order valence-corrected chi connectivity index (χ3v) is 2.79. The molecule has 0 fully saturated rings. The minimum absolute atomic E-state index is 0.668. The van der Waals surface area contributed by atoms with E-state index < -0.39 is 63.1 Å². The average Bonchev–Trinajstić information content (AvgIpc) is 2.48. The van der Waals surface area contributed by atoms with Crippen molar-refractivity contribution in [1.82, 2.24) is 4.98 Å². The summed E-state index contributed by atoms with van der Waals surface area (Å²) in [5, 5.41) is 10.5. The lowest BCUT2D eigenvalue weighted by molar-refractivity contribution is -0.384. The molecule has 0 amide bonds. The van der Waals surface area contributed by atoms with Gasteiger partial charge < -0.3 is 10.5 Å². The van der Waals surface area contributed by atoms with E-state index in [9.17, 15) is 40.8 Å². The van der Waals surface area contributed by atoms with Gasteiger partial charge in [-0.05, 0) is 0 Å². The van der Waals surface area contributed by atoms with Gasteiger partial charge in [-0.25, -0.2) is 8.78 Å². The van der Waals surface area contributed by atoms with Crippen LogP contribution in [0.25, 0.3) is 0 Å². The van der Waals surface area contributed by atoms with Gasteiger partial charge in [-0.15, -0.1) is 0 Å². The molecule has 25 heavy (non-hydrogen) atoms. The van der Waals surface area contributed by atoms with Gasteiger partial charge in [0.1, 0.15) is 5.56 Å². The van der Waals surface area contributed by atoms with Gasteiger partial charge in [0.2, 0.25) is 29.1 Å². The van der Waals surface area contributed by atoms with Crippen molar-refractivity contribution in [2.24, 2.45) is 0 Å². The molecule has 0 aliphatic heterocycles. The molecule has 0 radical (unpaired) electrons. The molecule has 13 heteroatoms. The van der Waals surface area contributed by atoms with Crippen LogP contribution in [-0.2, 0) is 6.18 Å². The smallest absolute Gasteiger partial charge is 0.422 e. The summed E-state index contributed by atoms with van der Waals surface area (Å²) in [6.45, 7) is 0. The molecule has 0 atom stereocenters. The first-order valence-electron chi connectivity index (χ1n) is 5.97. The topological polar surface area (TPSA) is 91.3 Å². The molecule has 134 valence electrons. The monoisotopic (exact) mass is 371 g/mol. The summed E-state index contributed by atoms with van der Waals surface area (Å²) in [6.07, 6.45) is -5.70. The molecule has 0 bridgehead atoms. The minimum atomic E-state index is -5.70. The lowest BCUT2D eigenvalue weighted by Crippen LogP contribution is -2.16. The van der Waals surface area contributed by atoms with Crippen LogP contribution in [-0.4, -0.2) is 9.91 Å². The van der Waals surface area contributed by atoms with Crippen LogP contribution < -0.4 is 10.5 Å². The fourth-order valence-electron chi connectivity index (χ4n) is 1.71. The molecule has 1 heterocycles. The van der Waals surface area contributed by atoms with Gasteiger partial charge >= 0.3 is 11.9 Å². The first-order valence-corrected chi connectivity index (χ1v) is 5.97. The molecule has 0 spiro atoms. The first-order chi connectivity index (χ1) is 11.4. The van der Waals surface area contributed by atoms with E-state index in [-0.39, 0.29) is 0 Å². The SMILES string of the molecule is Nc1nc(Oc2c(F)c(F)c(C(F)(F)F)c(F)c2F)ccc1[N+](=O)[O-]. The fraction of sp³-hybridized carbons (Fsp3) is 0.0833. The molecule has 1 aromatic carbocycles. The molecule has 1 aromatic heterocycles. The summed E-state index contributed by atoms with van der Waals surface area (Å²) in [5.41, 5.74) is 1.69. The lowest BCUT2D eigenvalue weighted by atomic mass is 10.1. The van der Waals surface area contributed by atoms with Crippen LogP contribution in [0.1, 0.15) is 5.56 Å².